The first kappa shape index (κ1) is 20.7. The van der Waals surface area contributed by atoms with Gasteiger partial charge in [0.15, 0.2) is 0 Å². The van der Waals surface area contributed by atoms with Gasteiger partial charge in [0.1, 0.15) is 5.50 Å². The lowest BCUT2D eigenvalue weighted by atomic mass is 9.90. The van der Waals surface area contributed by atoms with Crippen LogP contribution >= 0.6 is 11.8 Å². The highest BCUT2D eigenvalue weighted by Gasteiger charge is 2.54. The molecule has 4 rings (SSSR count). The molecule has 0 radical (unpaired) electrons. The number of urea groups is 1. The van der Waals surface area contributed by atoms with Crippen molar-refractivity contribution in [2.24, 2.45) is 0 Å². The van der Waals surface area contributed by atoms with Crippen LogP contribution in [0.25, 0.3) is 0 Å². The van der Waals surface area contributed by atoms with E-state index >= 15 is 0 Å². The third-order valence-corrected chi connectivity index (χ3v) is 9.53. The number of hydrogen-bond donors (Lipinski definition) is 3. The van der Waals surface area contributed by atoms with Gasteiger partial charge in [-0.05, 0) is 46.0 Å². The Bertz CT molecular complexity index is 716. The van der Waals surface area contributed by atoms with Crippen LogP contribution < -0.4 is 15.6 Å². The lowest BCUT2D eigenvalue weighted by Gasteiger charge is -2.37. The van der Waals surface area contributed by atoms with Crippen LogP contribution in [0, 0.1) is 0 Å². The Balaban J connectivity index is 1.54. The van der Waals surface area contributed by atoms with Crippen LogP contribution in [-0.2, 0) is 14.8 Å². The lowest BCUT2D eigenvalue weighted by Crippen LogP contribution is -2.53. The first-order valence-electron chi connectivity index (χ1n) is 10.0. The molecular weight excluding hydrogens is 402 g/mol. The summed E-state index contributed by atoms with van der Waals surface area (Å²) < 4.78 is 34.0. The second-order valence-corrected chi connectivity index (χ2v) is 12.0. The van der Waals surface area contributed by atoms with E-state index in [0.29, 0.717) is 32.4 Å². The van der Waals surface area contributed by atoms with Crippen molar-refractivity contribution in [1.82, 2.24) is 25.4 Å². The van der Waals surface area contributed by atoms with Gasteiger partial charge in [-0.3, -0.25) is 4.90 Å². The van der Waals surface area contributed by atoms with Crippen LogP contribution in [0.1, 0.15) is 46.0 Å². The number of sulfonamides is 1. The SMILES string of the molecule is COCCN1C(=O)N(C2NNC(C)S2)C2CC(S(=O)(=O)NC3(C)CC3)CCC21. The highest BCUT2D eigenvalue weighted by Crippen LogP contribution is 2.41. The Morgan fingerprint density at radius 1 is 1.29 bits per heavy atom. The number of hydrazine groups is 1. The normalized spacial score (nSPS) is 37.4. The summed E-state index contributed by atoms with van der Waals surface area (Å²) >= 11 is 1.64. The van der Waals surface area contributed by atoms with E-state index in [1.54, 1.807) is 18.9 Å². The predicted octanol–water partition coefficient (Wildman–Crippen LogP) is 0.603. The average Bonchev–Trinajstić information content (AvgIpc) is 3.08. The maximum atomic E-state index is 13.2. The summed E-state index contributed by atoms with van der Waals surface area (Å²) in [5, 5.41) is -0.274. The molecule has 5 unspecified atom stereocenters. The number of nitrogens with one attached hydrogen (secondary N) is 3. The zero-order chi connectivity index (χ0) is 20.1. The topological polar surface area (TPSA) is 103 Å². The molecule has 5 atom stereocenters. The molecule has 0 aromatic rings. The molecule has 0 bridgehead atoms. The van der Waals surface area contributed by atoms with Crippen molar-refractivity contribution in [3.8, 4) is 0 Å². The number of methoxy groups -OCH3 is 1. The van der Waals surface area contributed by atoms with Gasteiger partial charge in [-0.25, -0.2) is 28.8 Å². The molecule has 0 aromatic carbocycles. The Morgan fingerprint density at radius 2 is 2.04 bits per heavy atom. The number of carbonyl (C=O) groups excluding carboxylic acids is 1. The molecule has 0 aromatic heterocycles. The number of ether oxygens (including phenoxy) is 1. The summed E-state index contributed by atoms with van der Waals surface area (Å²) in [6.45, 7) is 5.00. The number of fused-ring (bicyclic) bond motifs is 1. The molecule has 28 heavy (non-hydrogen) atoms. The highest BCUT2D eigenvalue weighted by atomic mass is 32.2. The van der Waals surface area contributed by atoms with Crippen molar-refractivity contribution in [3.05, 3.63) is 0 Å². The van der Waals surface area contributed by atoms with Gasteiger partial charge in [0, 0.05) is 19.2 Å². The molecule has 2 heterocycles. The molecule has 3 N–H and O–H groups in total. The van der Waals surface area contributed by atoms with Crippen molar-refractivity contribution in [3.63, 3.8) is 0 Å². The van der Waals surface area contributed by atoms with Crippen LogP contribution in [-0.4, -0.2) is 78.3 Å². The molecule has 2 aliphatic heterocycles. The quantitative estimate of drug-likeness (QED) is 0.540. The third kappa shape index (κ3) is 3.89. The zero-order valence-corrected chi connectivity index (χ0v) is 18.3. The van der Waals surface area contributed by atoms with Gasteiger partial charge in [0.25, 0.3) is 0 Å². The van der Waals surface area contributed by atoms with Crippen LogP contribution in [0.2, 0.25) is 0 Å². The van der Waals surface area contributed by atoms with E-state index in [1.165, 1.54) is 0 Å². The fraction of sp³-hybridized carbons (Fsp3) is 0.941. The van der Waals surface area contributed by atoms with Crippen LogP contribution in [0.5, 0.6) is 0 Å². The minimum Gasteiger partial charge on any atom is -0.383 e. The molecule has 4 fully saturated rings. The molecule has 160 valence electrons. The van der Waals surface area contributed by atoms with Crippen LogP contribution in [0.4, 0.5) is 4.79 Å². The first-order valence-corrected chi connectivity index (χ1v) is 12.5. The number of hydrogen-bond acceptors (Lipinski definition) is 7. The predicted molar refractivity (Wildman–Crippen MR) is 108 cm³/mol. The molecule has 9 nitrogen and oxygen atoms in total. The standard InChI is InChI=1S/C17H31N5O4S2/c1-11-18-19-15(27-11)22-14-10-12(28(24,25)20-17(2)6-7-17)4-5-13(14)21(16(22)23)8-9-26-3/h11-15,18-20H,4-10H2,1-3H3. The number of amides is 2. The largest absolute Gasteiger partial charge is 0.383 e. The second kappa shape index (κ2) is 7.59. The Kier molecular flexibility index (Phi) is 5.60. The van der Waals surface area contributed by atoms with E-state index in [4.69, 9.17) is 4.74 Å². The van der Waals surface area contributed by atoms with Gasteiger partial charge in [-0.2, -0.15) is 0 Å². The van der Waals surface area contributed by atoms with Crippen molar-refractivity contribution >= 4 is 27.8 Å². The van der Waals surface area contributed by atoms with E-state index in [9.17, 15) is 13.2 Å². The highest BCUT2D eigenvalue weighted by molar-refractivity contribution is 8.00. The fourth-order valence-electron chi connectivity index (χ4n) is 4.50. The molecule has 2 amide bonds. The van der Waals surface area contributed by atoms with Crippen molar-refractivity contribution in [2.45, 2.75) is 79.7 Å². The van der Waals surface area contributed by atoms with E-state index < -0.39 is 15.3 Å². The number of thioether (sulfide) groups is 1. The van der Waals surface area contributed by atoms with Gasteiger partial charge in [-0.1, -0.05) is 0 Å². The minimum atomic E-state index is -3.40. The zero-order valence-electron chi connectivity index (χ0n) is 16.7. The van der Waals surface area contributed by atoms with Gasteiger partial charge >= 0.3 is 6.03 Å². The number of rotatable bonds is 7. The summed E-state index contributed by atoms with van der Waals surface area (Å²) in [6, 6.07) is -0.124. The maximum absolute atomic E-state index is 13.2. The molecular formula is C17H31N5O4S2. The Hall–Kier alpha value is -0.590. The van der Waals surface area contributed by atoms with Crippen molar-refractivity contribution < 1.29 is 17.9 Å². The number of carbonyl (C=O) groups is 1. The monoisotopic (exact) mass is 433 g/mol. The smallest absolute Gasteiger partial charge is 0.322 e. The third-order valence-electron chi connectivity index (χ3n) is 6.32. The fourth-order valence-corrected chi connectivity index (χ4v) is 7.49. The summed E-state index contributed by atoms with van der Waals surface area (Å²) in [4.78, 5) is 16.9. The number of nitrogens with zero attached hydrogens (tertiary/aromatic N) is 2. The summed E-state index contributed by atoms with van der Waals surface area (Å²) in [7, 11) is -1.77. The average molecular weight is 434 g/mol. The van der Waals surface area contributed by atoms with E-state index in [-0.39, 0.29) is 34.5 Å². The van der Waals surface area contributed by atoms with Gasteiger partial charge in [0.05, 0.1) is 29.3 Å². The second-order valence-electron chi connectivity index (χ2n) is 8.57. The summed E-state index contributed by atoms with van der Waals surface area (Å²) in [5.41, 5.74) is 5.87. The Labute approximate surface area is 171 Å². The van der Waals surface area contributed by atoms with Crippen molar-refractivity contribution in [1.29, 1.82) is 0 Å². The van der Waals surface area contributed by atoms with E-state index in [0.717, 1.165) is 12.8 Å². The van der Waals surface area contributed by atoms with Crippen LogP contribution in [0.15, 0.2) is 0 Å². The first-order chi connectivity index (χ1) is 13.2. The molecule has 2 saturated carbocycles. The van der Waals surface area contributed by atoms with Gasteiger partial charge in [0.2, 0.25) is 10.0 Å². The lowest BCUT2D eigenvalue weighted by molar-refractivity contribution is 0.136. The summed E-state index contributed by atoms with van der Waals surface area (Å²) in [5.74, 6) is 0. The van der Waals surface area contributed by atoms with E-state index in [2.05, 4.69) is 15.6 Å². The summed E-state index contributed by atoms with van der Waals surface area (Å²) in [6.07, 6.45) is 3.54. The minimum absolute atomic E-state index is 0.0314. The van der Waals surface area contributed by atoms with Gasteiger partial charge in [-0.15, -0.1) is 11.8 Å². The Morgan fingerprint density at radius 3 is 2.64 bits per heavy atom. The van der Waals surface area contributed by atoms with Crippen LogP contribution in [0.3, 0.4) is 0 Å². The molecule has 11 heteroatoms. The maximum Gasteiger partial charge on any atom is 0.322 e. The molecule has 2 aliphatic carbocycles. The van der Waals surface area contributed by atoms with E-state index in [1.807, 2.05) is 23.6 Å². The van der Waals surface area contributed by atoms with Gasteiger partial charge < -0.3 is 9.64 Å². The molecule has 0 spiro atoms. The molecule has 2 saturated heterocycles. The molecule has 4 aliphatic rings. The van der Waals surface area contributed by atoms with Crippen molar-refractivity contribution in [2.75, 3.05) is 20.3 Å².